The van der Waals surface area contributed by atoms with Crippen molar-refractivity contribution in [2.24, 2.45) is 4.99 Å². The van der Waals surface area contributed by atoms with Crippen LogP contribution in [-0.4, -0.2) is 42.5 Å². The van der Waals surface area contributed by atoms with Gasteiger partial charge in [-0.2, -0.15) is 0 Å². The number of amides is 1. The van der Waals surface area contributed by atoms with Gasteiger partial charge in [0, 0.05) is 43.0 Å². The highest BCUT2D eigenvalue weighted by atomic mass is 127. The number of hydrogen-bond acceptors (Lipinski definition) is 4. The van der Waals surface area contributed by atoms with Gasteiger partial charge >= 0.3 is 0 Å². The fraction of sp³-hybridized carbons (Fsp3) is 0.500. The summed E-state index contributed by atoms with van der Waals surface area (Å²) in [6.07, 6.45) is 1.53. The molecule has 1 aliphatic rings. The van der Waals surface area contributed by atoms with Gasteiger partial charge in [-0.15, -0.1) is 35.3 Å². The molecule has 0 spiro atoms. The van der Waals surface area contributed by atoms with Crippen LogP contribution in [0.2, 0.25) is 0 Å². The Labute approximate surface area is 212 Å². The molecule has 6 nitrogen and oxygen atoms in total. The third-order valence-corrected chi connectivity index (χ3v) is 6.15. The quantitative estimate of drug-likeness (QED) is 0.279. The highest BCUT2D eigenvalue weighted by Crippen LogP contribution is 2.24. The normalized spacial score (nSPS) is 13.4. The Morgan fingerprint density at radius 3 is 2.84 bits per heavy atom. The molecule has 0 unspecified atom stereocenters. The second-order valence-electron chi connectivity index (χ2n) is 8.08. The lowest BCUT2D eigenvalue weighted by Crippen LogP contribution is -2.41. The van der Waals surface area contributed by atoms with Gasteiger partial charge in [-0.25, -0.2) is 4.99 Å². The van der Waals surface area contributed by atoms with E-state index in [0.29, 0.717) is 25.5 Å². The molecule has 0 aliphatic carbocycles. The second kappa shape index (κ2) is 13.0. The van der Waals surface area contributed by atoms with Crippen LogP contribution in [0.4, 0.5) is 0 Å². The standard InChI is InChI=1S/C24H34N4O2S.HI/c1-5-25-24(27-15-19-7-6-18(4)14-21(19)30-17(2)3)26-11-8-23(29)28-12-9-22-20(16-28)10-13-31-22;/h6-7,10,13-14,17H,5,8-9,11-12,15-16H2,1-4H3,(H2,25,26,27);1H. The van der Waals surface area contributed by atoms with E-state index >= 15 is 0 Å². The Balaban J connectivity index is 0.00000363. The number of nitrogens with zero attached hydrogens (tertiary/aromatic N) is 2. The molecule has 2 N–H and O–H groups in total. The number of hydrogen-bond donors (Lipinski definition) is 2. The number of halogens is 1. The summed E-state index contributed by atoms with van der Waals surface area (Å²) in [6.45, 7) is 11.5. The Morgan fingerprint density at radius 1 is 1.28 bits per heavy atom. The molecule has 176 valence electrons. The third kappa shape index (κ3) is 7.65. The van der Waals surface area contributed by atoms with Crippen LogP contribution in [0.25, 0.3) is 0 Å². The Hall–Kier alpha value is -1.81. The zero-order valence-electron chi connectivity index (χ0n) is 19.4. The van der Waals surface area contributed by atoms with E-state index in [1.165, 1.54) is 16.0 Å². The van der Waals surface area contributed by atoms with Gasteiger partial charge in [0.15, 0.2) is 5.96 Å². The Bertz CT molecular complexity index is 913. The fourth-order valence-electron chi connectivity index (χ4n) is 3.57. The molecule has 0 radical (unpaired) electrons. The van der Waals surface area contributed by atoms with Crippen LogP contribution in [-0.2, 0) is 24.3 Å². The zero-order chi connectivity index (χ0) is 22.2. The van der Waals surface area contributed by atoms with Crippen molar-refractivity contribution in [3.05, 3.63) is 51.2 Å². The summed E-state index contributed by atoms with van der Waals surface area (Å²) in [6, 6.07) is 8.34. The minimum atomic E-state index is 0. The maximum absolute atomic E-state index is 12.6. The third-order valence-electron chi connectivity index (χ3n) is 5.13. The average Bonchev–Trinajstić information content (AvgIpc) is 3.20. The number of benzene rings is 1. The molecule has 0 bridgehead atoms. The number of aryl methyl sites for hydroxylation is 1. The van der Waals surface area contributed by atoms with E-state index in [1.807, 2.05) is 25.7 Å². The number of aliphatic imine (C=N–C) groups is 1. The minimum Gasteiger partial charge on any atom is -0.491 e. The van der Waals surface area contributed by atoms with Gasteiger partial charge in [-0.05, 0) is 62.8 Å². The molecule has 1 aromatic carbocycles. The van der Waals surface area contributed by atoms with Crippen molar-refractivity contribution in [3.63, 3.8) is 0 Å². The molecule has 0 saturated carbocycles. The molecule has 2 aromatic rings. The van der Waals surface area contributed by atoms with Gasteiger partial charge in [0.1, 0.15) is 5.75 Å². The highest BCUT2D eigenvalue weighted by molar-refractivity contribution is 14.0. The maximum Gasteiger partial charge on any atom is 0.224 e. The zero-order valence-corrected chi connectivity index (χ0v) is 22.6. The number of guanidine groups is 1. The smallest absolute Gasteiger partial charge is 0.224 e. The molecular weight excluding hydrogens is 535 g/mol. The van der Waals surface area contributed by atoms with E-state index in [2.05, 4.69) is 47.2 Å². The van der Waals surface area contributed by atoms with Gasteiger partial charge < -0.3 is 20.3 Å². The molecule has 0 atom stereocenters. The molecule has 8 heteroatoms. The molecule has 3 rings (SSSR count). The molecular formula is C24H35IN4O2S. The van der Waals surface area contributed by atoms with Crippen molar-refractivity contribution < 1.29 is 9.53 Å². The van der Waals surface area contributed by atoms with Gasteiger partial charge in [0.25, 0.3) is 0 Å². The topological polar surface area (TPSA) is 66.0 Å². The van der Waals surface area contributed by atoms with Gasteiger partial charge in [0.2, 0.25) is 5.91 Å². The molecule has 32 heavy (non-hydrogen) atoms. The second-order valence-corrected chi connectivity index (χ2v) is 9.08. The van der Waals surface area contributed by atoms with Crippen molar-refractivity contribution in [2.75, 3.05) is 19.6 Å². The monoisotopic (exact) mass is 570 g/mol. The van der Waals surface area contributed by atoms with Crippen LogP contribution >= 0.6 is 35.3 Å². The first-order valence-electron chi connectivity index (χ1n) is 11.1. The number of carbonyl (C=O) groups excluding carboxylic acids is 1. The van der Waals surface area contributed by atoms with Gasteiger partial charge in [0.05, 0.1) is 12.6 Å². The van der Waals surface area contributed by atoms with Crippen molar-refractivity contribution in [3.8, 4) is 5.75 Å². The molecule has 0 fully saturated rings. The lowest BCUT2D eigenvalue weighted by Gasteiger charge is -2.27. The van der Waals surface area contributed by atoms with Crippen LogP contribution in [0.15, 0.2) is 34.6 Å². The first-order chi connectivity index (χ1) is 15.0. The molecule has 1 aliphatic heterocycles. The van der Waals surface area contributed by atoms with Crippen LogP contribution in [0.3, 0.4) is 0 Å². The molecule has 1 amide bonds. The summed E-state index contributed by atoms with van der Waals surface area (Å²) in [5.41, 5.74) is 3.51. The summed E-state index contributed by atoms with van der Waals surface area (Å²) in [5.74, 6) is 1.78. The number of thiophene rings is 1. The van der Waals surface area contributed by atoms with Crippen LogP contribution < -0.4 is 15.4 Å². The lowest BCUT2D eigenvalue weighted by molar-refractivity contribution is -0.131. The Morgan fingerprint density at radius 2 is 2.09 bits per heavy atom. The van der Waals surface area contributed by atoms with Crippen LogP contribution in [0, 0.1) is 6.92 Å². The first kappa shape index (κ1) is 26.4. The lowest BCUT2D eigenvalue weighted by atomic mass is 10.1. The number of rotatable bonds is 8. The summed E-state index contributed by atoms with van der Waals surface area (Å²) < 4.78 is 5.96. The summed E-state index contributed by atoms with van der Waals surface area (Å²) in [7, 11) is 0. The predicted molar refractivity (Wildman–Crippen MR) is 143 cm³/mol. The van der Waals surface area contributed by atoms with E-state index in [1.54, 1.807) is 11.3 Å². The number of ether oxygens (including phenoxy) is 1. The van der Waals surface area contributed by atoms with E-state index in [4.69, 9.17) is 9.73 Å². The molecule has 2 heterocycles. The highest BCUT2D eigenvalue weighted by Gasteiger charge is 2.21. The fourth-order valence-corrected chi connectivity index (χ4v) is 4.46. The van der Waals surface area contributed by atoms with E-state index in [0.717, 1.165) is 37.4 Å². The molecule has 1 aromatic heterocycles. The number of carbonyl (C=O) groups is 1. The van der Waals surface area contributed by atoms with Crippen molar-refractivity contribution in [1.29, 1.82) is 0 Å². The predicted octanol–water partition coefficient (Wildman–Crippen LogP) is 4.49. The average molecular weight is 571 g/mol. The number of fused-ring (bicyclic) bond motifs is 1. The van der Waals surface area contributed by atoms with Crippen molar-refractivity contribution in [1.82, 2.24) is 15.5 Å². The van der Waals surface area contributed by atoms with Crippen molar-refractivity contribution in [2.45, 2.75) is 59.7 Å². The minimum absolute atomic E-state index is 0. The summed E-state index contributed by atoms with van der Waals surface area (Å²) in [5, 5.41) is 8.68. The van der Waals surface area contributed by atoms with E-state index < -0.39 is 0 Å². The largest absolute Gasteiger partial charge is 0.491 e. The maximum atomic E-state index is 12.6. The van der Waals surface area contributed by atoms with Gasteiger partial charge in [-0.3, -0.25) is 4.79 Å². The SMILES string of the molecule is CCNC(=NCc1ccc(C)cc1OC(C)C)NCCC(=O)N1CCc2sccc2C1.I. The van der Waals surface area contributed by atoms with E-state index in [-0.39, 0.29) is 36.0 Å². The Kier molecular flexibility index (Phi) is 10.8. The van der Waals surface area contributed by atoms with E-state index in [9.17, 15) is 4.79 Å². The number of nitrogens with one attached hydrogen (secondary N) is 2. The van der Waals surface area contributed by atoms with Crippen LogP contribution in [0.5, 0.6) is 5.75 Å². The molecule has 0 saturated heterocycles. The summed E-state index contributed by atoms with van der Waals surface area (Å²) in [4.78, 5) is 20.7. The first-order valence-corrected chi connectivity index (χ1v) is 12.0. The van der Waals surface area contributed by atoms with Gasteiger partial charge in [-0.1, -0.05) is 12.1 Å². The van der Waals surface area contributed by atoms with Crippen molar-refractivity contribution >= 4 is 47.2 Å². The van der Waals surface area contributed by atoms with Crippen LogP contribution in [0.1, 0.15) is 48.8 Å². The summed E-state index contributed by atoms with van der Waals surface area (Å²) >= 11 is 1.79.